The number of nitrogens with zero attached hydrogens (tertiary/aromatic N) is 2. The molecule has 2 rings (SSSR count). The minimum absolute atomic E-state index is 0.774. The second-order valence-electron chi connectivity index (χ2n) is 5.53. The van der Waals surface area contributed by atoms with E-state index in [1.165, 1.54) is 58.5 Å². The van der Waals surface area contributed by atoms with Crippen LogP contribution in [0.1, 0.15) is 26.2 Å². The van der Waals surface area contributed by atoms with E-state index >= 15 is 0 Å². The van der Waals surface area contributed by atoms with Crippen LogP contribution in [0.4, 0.5) is 0 Å². The highest BCUT2D eigenvalue weighted by atomic mass is 15.2. The fourth-order valence-electron chi connectivity index (χ4n) is 3.12. The van der Waals surface area contributed by atoms with Crippen LogP contribution >= 0.6 is 0 Å². The summed E-state index contributed by atoms with van der Waals surface area (Å²) < 4.78 is 0. The summed E-state index contributed by atoms with van der Waals surface area (Å²) in [5.74, 6) is 1.72. The van der Waals surface area contributed by atoms with Crippen LogP contribution in [0, 0.1) is 11.8 Å². The summed E-state index contributed by atoms with van der Waals surface area (Å²) in [6.07, 6.45) is 4.12. The summed E-state index contributed by atoms with van der Waals surface area (Å²) in [5, 5.41) is 0. The number of hydrogen-bond acceptors (Lipinski definition) is 3. The first kappa shape index (κ1) is 12.3. The minimum atomic E-state index is 0.774. The summed E-state index contributed by atoms with van der Waals surface area (Å²) in [5.41, 5.74) is 5.73. The first-order valence-corrected chi connectivity index (χ1v) is 6.96. The first-order chi connectivity index (χ1) is 7.81. The Labute approximate surface area is 100.0 Å². The molecule has 94 valence electrons. The lowest BCUT2D eigenvalue weighted by molar-refractivity contribution is 0.157. The van der Waals surface area contributed by atoms with Crippen molar-refractivity contribution in [3.63, 3.8) is 0 Å². The van der Waals surface area contributed by atoms with Crippen LogP contribution in [0.3, 0.4) is 0 Å². The molecule has 16 heavy (non-hydrogen) atoms. The van der Waals surface area contributed by atoms with Gasteiger partial charge in [-0.25, -0.2) is 0 Å². The summed E-state index contributed by atoms with van der Waals surface area (Å²) in [6, 6.07) is 0. The highest BCUT2D eigenvalue weighted by molar-refractivity contribution is 4.80. The summed E-state index contributed by atoms with van der Waals surface area (Å²) in [6.45, 7) is 10.9. The Morgan fingerprint density at radius 3 is 2.19 bits per heavy atom. The molecule has 1 atom stereocenters. The molecule has 0 aromatic rings. The molecular weight excluding hydrogens is 198 g/mol. The zero-order chi connectivity index (χ0) is 11.4. The maximum atomic E-state index is 5.73. The molecule has 2 N–H and O–H groups in total. The molecule has 2 aliphatic heterocycles. The quantitative estimate of drug-likeness (QED) is 0.775. The van der Waals surface area contributed by atoms with Crippen LogP contribution in [0.25, 0.3) is 0 Å². The summed E-state index contributed by atoms with van der Waals surface area (Å²) >= 11 is 0. The van der Waals surface area contributed by atoms with Gasteiger partial charge in [-0.15, -0.1) is 0 Å². The van der Waals surface area contributed by atoms with Crippen molar-refractivity contribution in [1.29, 1.82) is 0 Å². The van der Waals surface area contributed by atoms with Gasteiger partial charge >= 0.3 is 0 Å². The predicted molar refractivity (Wildman–Crippen MR) is 68.4 cm³/mol. The zero-order valence-electron chi connectivity index (χ0n) is 10.7. The standard InChI is InChI=1S/C13H27N3/c1-2-15-6-3-12(4-7-15)10-16-8-5-13(9-14)11-16/h12-13H,2-11,14H2,1H3. The average Bonchev–Trinajstić information content (AvgIpc) is 2.78. The van der Waals surface area contributed by atoms with E-state index in [1.54, 1.807) is 0 Å². The van der Waals surface area contributed by atoms with Crippen molar-refractivity contribution >= 4 is 0 Å². The molecule has 0 aromatic carbocycles. The third-order valence-electron chi connectivity index (χ3n) is 4.37. The topological polar surface area (TPSA) is 32.5 Å². The van der Waals surface area contributed by atoms with Crippen molar-refractivity contribution in [3.05, 3.63) is 0 Å². The molecule has 0 bridgehead atoms. The summed E-state index contributed by atoms with van der Waals surface area (Å²) in [4.78, 5) is 5.22. The average molecular weight is 225 g/mol. The van der Waals surface area contributed by atoms with Crippen LogP contribution in [0.15, 0.2) is 0 Å². The number of rotatable bonds is 4. The van der Waals surface area contributed by atoms with Crippen molar-refractivity contribution in [2.24, 2.45) is 17.6 Å². The Balaban J connectivity index is 1.67. The maximum Gasteiger partial charge on any atom is 0.00223 e. The van der Waals surface area contributed by atoms with Gasteiger partial charge in [-0.3, -0.25) is 0 Å². The Morgan fingerprint density at radius 1 is 1.00 bits per heavy atom. The molecule has 2 saturated heterocycles. The predicted octanol–water partition coefficient (Wildman–Crippen LogP) is 0.999. The third kappa shape index (κ3) is 3.19. The smallest absolute Gasteiger partial charge is 0.00223 e. The number of nitrogens with two attached hydrogens (primary N) is 1. The largest absolute Gasteiger partial charge is 0.330 e. The Kier molecular flexibility index (Phi) is 4.62. The van der Waals surface area contributed by atoms with Gasteiger partial charge in [-0.2, -0.15) is 0 Å². The molecule has 0 radical (unpaired) electrons. The summed E-state index contributed by atoms with van der Waals surface area (Å²) in [7, 11) is 0. The van der Waals surface area contributed by atoms with Gasteiger partial charge in [0.05, 0.1) is 0 Å². The van der Waals surface area contributed by atoms with E-state index in [-0.39, 0.29) is 0 Å². The van der Waals surface area contributed by atoms with Gasteiger partial charge in [0.1, 0.15) is 0 Å². The van der Waals surface area contributed by atoms with Crippen molar-refractivity contribution in [1.82, 2.24) is 9.80 Å². The fraction of sp³-hybridized carbons (Fsp3) is 1.00. The lowest BCUT2D eigenvalue weighted by atomic mass is 9.96. The van der Waals surface area contributed by atoms with E-state index in [9.17, 15) is 0 Å². The van der Waals surface area contributed by atoms with Crippen LogP contribution in [0.2, 0.25) is 0 Å². The zero-order valence-corrected chi connectivity index (χ0v) is 10.7. The van der Waals surface area contributed by atoms with Gasteiger partial charge in [0.2, 0.25) is 0 Å². The molecule has 0 aliphatic carbocycles. The number of hydrogen-bond donors (Lipinski definition) is 1. The molecule has 3 heteroatoms. The molecule has 1 unspecified atom stereocenters. The lowest BCUT2D eigenvalue weighted by Crippen LogP contribution is -2.38. The fourth-order valence-corrected chi connectivity index (χ4v) is 3.12. The van der Waals surface area contributed by atoms with E-state index in [0.717, 1.165) is 18.4 Å². The maximum absolute atomic E-state index is 5.73. The monoisotopic (exact) mass is 225 g/mol. The third-order valence-corrected chi connectivity index (χ3v) is 4.37. The molecule has 0 spiro atoms. The van der Waals surface area contributed by atoms with Gasteiger partial charge in [0, 0.05) is 13.1 Å². The van der Waals surface area contributed by atoms with Gasteiger partial charge < -0.3 is 15.5 Å². The molecule has 2 aliphatic rings. The molecular formula is C13H27N3. The van der Waals surface area contributed by atoms with Crippen molar-refractivity contribution in [2.75, 3.05) is 45.8 Å². The van der Waals surface area contributed by atoms with Crippen LogP contribution in [-0.2, 0) is 0 Å². The van der Waals surface area contributed by atoms with Gasteiger partial charge in [-0.1, -0.05) is 6.92 Å². The van der Waals surface area contributed by atoms with E-state index in [1.807, 2.05) is 0 Å². The molecule has 2 heterocycles. The van der Waals surface area contributed by atoms with E-state index in [0.29, 0.717) is 0 Å². The molecule has 0 amide bonds. The normalized spacial score (nSPS) is 30.0. The molecule has 2 fully saturated rings. The van der Waals surface area contributed by atoms with E-state index < -0.39 is 0 Å². The number of piperidine rings is 1. The van der Waals surface area contributed by atoms with Crippen molar-refractivity contribution < 1.29 is 0 Å². The second kappa shape index (κ2) is 5.99. The van der Waals surface area contributed by atoms with E-state index in [4.69, 9.17) is 5.73 Å². The first-order valence-electron chi connectivity index (χ1n) is 6.96. The van der Waals surface area contributed by atoms with Crippen molar-refractivity contribution in [3.8, 4) is 0 Å². The highest BCUT2D eigenvalue weighted by Gasteiger charge is 2.25. The Bertz CT molecular complexity index is 199. The minimum Gasteiger partial charge on any atom is -0.330 e. The SMILES string of the molecule is CCN1CCC(CN2CCC(CN)C2)CC1. The molecule has 3 nitrogen and oxygen atoms in total. The van der Waals surface area contributed by atoms with Crippen LogP contribution in [-0.4, -0.2) is 55.6 Å². The van der Waals surface area contributed by atoms with Gasteiger partial charge in [0.25, 0.3) is 0 Å². The van der Waals surface area contributed by atoms with Crippen LogP contribution in [0.5, 0.6) is 0 Å². The van der Waals surface area contributed by atoms with E-state index in [2.05, 4.69) is 16.7 Å². The van der Waals surface area contributed by atoms with Crippen molar-refractivity contribution in [2.45, 2.75) is 26.2 Å². The van der Waals surface area contributed by atoms with Gasteiger partial charge in [-0.05, 0) is 63.8 Å². The molecule has 0 aromatic heterocycles. The Morgan fingerprint density at radius 2 is 1.62 bits per heavy atom. The van der Waals surface area contributed by atoms with Gasteiger partial charge in [0.15, 0.2) is 0 Å². The lowest BCUT2D eigenvalue weighted by Gasteiger charge is -2.33. The highest BCUT2D eigenvalue weighted by Crippen LogP contribution is 2.22. The Hall–Kier alpha value is -0.120. The van der Waals surface area contributed by atoms with Crippen LogP contribution < -0.4 is 5.73 Å². The molecule has 0 saturated carbocycles. The number of likely N-dealkylation sites (tertiary alicyclic amines) is 2. The second-order valence-corrected chi connectivity index (χ2v) is 5.53.